The third-order valence-electron chi connectivity index (χ3n) is 8.55. The number of furan rings is 1. The van der Waals surface area contributed by atoms with Crippen molar-refractivity contribution in [2.45, 2.75) is 95.7 Å². The Morgan fingerprint density at radius 2 is 1.61 bits per heavy atom. The zero-order valence-corrected chi connectivity index (χ0v) is 21.8. The molecule has 196 valence electrons. The zero-order valence-electron chi connectivity index (χ0n) is 21.8. The van der Waals surface area contributed by atoms with Crippen molar-refractivity contribution in [1.82, 2.24) is 19.7 Å². The van der Waals surface area contributed by atoms with Crippen LogP contribution in [0, 0.1) is 0 Å². The monoisotopic (exact) mass is 494 g/mol. The fourth-order valence-corrected chi connectivity index (χ4v) is 6.30. The van der Waals surface area contributed by atoms with Gasteiger partial charge in [-0.25, -0.2) is 0 Å². The number of aromatic nitrogens is 1. The maximum atomic E-state index is 14.0. The van der Waals surface area contributed by atoms with Crippen molar-refractivity contribution in [3.05, 3.63) is 36.2 Å². The zero-order chi connectivity index (χ0) is 25.0. The molecule has 2 aliphatic heterocycles. The molecule has 1 saturated heterocycles. The van der Waals surface area contributed by atoms with Crippen molar-refractivity contribution in [3.8, 4) is 11.5 Å². The fraction of sp³-hybridized carbons (Fsp3) is 0.655. The van der Waals surface area contributed by atoms with Gasteiger partial charge in [0, 0.05) is 19.1 Å². The Hall–Kier alpha value is -2.54. The number of likely N-dealkylation sites (tertiary alicyclic amines) is 1. The van der Waals surface area contributed by atoms with Crippen molar-refractivity contribution in [3.63, 3.8) is 0 Å². The lowest BCUT2D eigenvalue weighted by atomic mass is 9.92. The van der Waals surface area contributed by atoms with Crippen LogP contribution in [-0.4, -0.2) is 63.9 Å². The molecule has 7 heteroatoms. The summed E-state index contributed by atoms with van der Waals surface area (Å²) in [5.41, 5.74) is 0.521. The van der Waals surface area contributed by atoms with Crippen LogP contribution < -0.4 is 5.32 Å². The SMILES string of the molecule is CC1(C(=O)NC2CCCCCCC2)Cn2c(ccc2-c2ccco2)C(=O)N1CCN1CCCCCC1. The van der Waals surface area contributed by atoms with Crippen molar-refractivity contribution >= 4 is 11.8 Å². The Bertz CT molecular complexity index is 1010. The average Bonchev–Trinajstić information content (AvgIpc) is 3.45. The number of nitrogens with one attached hydrogen (secondary N) is 1. The highest BCUT2D eigenvalue weighted by molar-refractivity contribution is 6.00. The average molecular weight is 495 g/mol. The van der Waals surface area contributed by atoms with Crippen LogP contribution in [0.1, 0.15) is 88.0 Å². The van der Waals surface area contributed by atoms with Crippen molar-refractivity contribution in [2.75, 3.05) is 26.2 Å². The van der Waals surface area contributed by atoms with Crippen LogP contribution in [0.15, 0.2) is 34.9 Å². The first-order chi connectivity index (χ1) is 17.6. The summed E-state index contributed by atoms with van der Waals surface area (Å²) < 4.78 is 7.66. The predicted molar refractivity (Wildman–Crippen MR) is 141 cm³/mol. The minimum Gasteiger partial charge on any atom is -0.463 e. The molecule has 2 fully saturated rings. The molecule has 0 radical (unpaired) electrons. The van der Waals surface area contributed by atoms with Crippen molar-refractivity contribution in [1.29, 1.82) is 0 Å². The van der Waals surface area contributed by atoms with E-state index in [1.807, 2.05) is 40.7 Å². The smallest absolute Gasteiger partial charge is 0.271 e. The van der Waals surface area contributed by atoms with Crippen LogP contribution in [0.4, 0.5) is 0 Å². The van der Waals surface area contributed by atoms with E-state index in [-0.39, 0.29) is 17.9 Å². The number of hydrogen-bond donors (Lipinski definition) is 1. The number of fused-ring (bicyclic) bond motifs is 1. The van der Waals surface area contributed by atoms with Gasteiger partial charge < -0.3 is 24.1 Å². The van der Waals surface area contributed by atoms with E-state index in [0.29, 0.717) is 18.8 Å². The quantitative estimate of drug-likeness (QED) is 0.609. The number of hydrogen-bond acceptors (Lipinski definition) is 4. The Kier molecular flexibility index (Phi) is 7.85. The summed E-state index contributed by atoms with van der Waals surface area (Å²) in [5, 5.41) is 3.39. The van der Waals surface area contributed by atoms with Gasteiger partial charge in [0.2, 0.25) is 5.91 Å². The second kappa shape index (κ2) is 11.2. The summed E-state index contributed by atoms with van der Waals surface area (Å²) in [6, 6.07) is 7.77. The van der Waals surface area contributed by atoms with E-state index < -0.39 is 5.54 Å². The van der Waals surface area contributed by atoms with Crippen LogP contribution in [0.3, 0.4) is 0 Å². The normalized spacial score (nSPS) is 24.6. The van der Waals surface area contributed by atoms with E-state index >= 15 is 0 Å². The molecule has 2 aromatic rings. The van der Waals surface area contributed by atoms with Gasteiger partial charge >= 0.3 is 0 Å². The first-order valence-corrected chi connectivity index (χ1v) is 14.1. The lowest BCUT2D eigenvalue weighted by Gasteiger charge is -2.45. The number of nitrogens with zero attached hydrogens (tertiary/aromatic N) is 3. The van der Waals surface area contributed by atoms with Crippen LogP contribution in [0.5, 0.6) is 0 Å². The van der Waals surface area contributed by atoms with Gasteiger partial charge in [-0.3, -0.25) is 9.59 Å². The summed E-state index contributed by atoms with van der Waals surface area (Å²) in [4.78, 5) is 32.3. The third kappa shape index (κ3) is 5.26. The second-order valence-electron chi connectivity index (χ2n) is 11.2. The van der Waals surface area contributed by atoms with Crippen LogP contribution >= 0.6 is 0 Å². The Labute approximate surface area is 215 Å². The third-order valence-corrected chi connectivity index (χ3v) is 8.55. The molecule has 1 aliphatic carbocycles. The van der Waals surface area contributed by atoms with Gasteiger partial charge in [0.1, 0.15) is 17.0 Å². The Morgan fingerprint density at radius 3 is 2.31 bits per heavy atom. The summed E-state index contributed by atoms with van der Waals surface area (Å²) in [7, 11) is 0. The lowest BCUT2D eigenvalue weighted by Crippen LogP contribution is -2.65. The first-order valence-electron chi connectivity index (χ1n) is 14.1. The molecular weight excluding hydrogens is 452 g/mol. The first kappa shape index (κ1) is 25.1. The highest BCUT2D eigenvalue weighted by atomic mass is 16.3. The molecule has 2 aromatic heterocycles. The van der Waals surface area contributed by atoms with Crippen molar-refractivity contribution < 1.29 is 14.0 Å². The van der Waals surface area contributed by atoms with E-state index in [0.717, 1.165) is 56.8 Å². The van der Waals surface area contributed by atoms with Gasteiger partial charge in [0.05, 0.1) is 18.5 Å². The molecule has 36 heavy (non-hydrogen) atoms. The summed E-state index contributed by atoms with van der Waals surface area (Å²) >= 11 is 0. The van der Waals surface area contributed by atoms with E-state index in [1.165, 1.54) is 44.9 Å². The fourth-order valence-electron chi connectivity index (χ4n) is 6.30. The summed E-state index contributed by atoms with van der Waals surface area (Å²) in [6.07, 6.45) is 14.8. The number of rotatable bonds is 6. The highest BCUT2D eigenvalue weighted by Crippen LogP contribution is 2.33. The van der Waals surface area contributed by atoms with Gasteiger partial charge in [-0.1, -0.05) is 44.9 Å². The van der Waals surface area contributed by atoms with Gasteiger partial charge in [0.25, 0.3) is 5.91 Å². The number of carbonyl (C=O) groups excluding carboxylic acids is 2. The molecule has 7 nitrogen and oxygen atoms in total. The van der Waals surface area contributed by atoms with Crippen LogP contribution in [0.2, 0.25) is 0 Å². The minimum atomic E-state index is -0.960. The van der Waals surface area contributed by atoms with Gasteiger partial charge in [-0.15, -0.1) is 0 Å². The molecular formula is C29H42N4O3. The van der Waals surface area contributed by atoms with E-state index in [2.05, 4.69) is 10.2 Å². The van der Waals surface area contributed by atoms with E-state index in [9.17, 15) is 9.59 Å². The van der Waals surface area contributed by atoms with Gasteiger partial charge in [-0.05, 0) is 70.0 Å². The molecule has 1 N–H and O–H groups in total. The maximum absolute atomic E-state index is 14.0. The van der Waals surface area contributed by atoms with Crippen LogP contribution in [-0.2, 0) is 11.3 Å². The molecule has 5 rings (SSSR count). The minimum absolute atomic E-state index is 0.0259. The molecule has 1 unspecified atom stereocenters. The summed E-state index contributed by atoms with van der Waals surface area (Å²) in [5.74, 6) is 0.626. The molecule has 1 saturated carbocycles. The van der Waals surface area contributed by atoms with Gasteiger partial charge in [-0.2, -0.15) is 0 Å². The van der Waals surface area contributed by atoms with Crippen LogP contribution in [0.25, 0.3) is 11.5 Å². The topological polar surface area (TPSA) is 70.7 Å². The number of carbonyl (C=O) groups is 2. The largest absolute Gasteiger partial charge is 0.463 e. The van der Waals surface area contributed by atoms with E-state index in [1.54, 1.807) is 6.26 Å². The highest BCUT2D eigenvalue weighted by Gasteiger charge is 2.48. The lowest BCUT2D eigenvalue weighted by molar-refractivity contribution is -0.133. The van der Waals surface area contributed by atoms with Gasteiger partial charge in [0.15, 0.2) is 0 Å². The van der Waals surface area contributed by atoms with E-state index in [4.69, 9.17) is 4.42 Å². The predicted octanol–water partition coefficient (Wildman–Crippen LogP) is 5.07. The molecule has 0 bridgehead atoms. The molecule has 4 heterocycles. The second-order valence-corrected chi connectivity index (χ2v) is 11.2. The van der Waals surface area contributed by atoms with Crippen molar-refractivity contribution in [2.24, 2.45) is 0 Å². The Balaban J connectivity index is 1.41. The molecule has 2 amide bonds. The molecule has 3 aliphatic rings. The standard InChI is InChI=1S/C29H42N4O3/c1-29(28(35)30-23-12-7-3-2-4-8-13-23)22-32-24(26-14-11-21-36-26)15-16-25(32)27(34)33(29)20-19-31-17-9-5-6-10-18-31/h11,14-16,21,23H,2-10,12-13,17-20,22H2,1H3,(H,30,35). The molecule has 0 aromatic carbocycles. The molecule has 0 spiro atoms. The summed E-state index contributed by atoms with van der Waals surface area (Å²) in [6.45, 7) is 5.91. The Morgan fingerprint density at radius 1 is 0.944 bits per heavy atom. The maximum Gasteiger partial charge on any atom is 0.271 e. The number of amides is 2. The molecule has 1 atom stereocenters.